The first-order valence-electron chi connectivity index (χ1n) is 8.62. The van der Waals surface area contributed by atoms with E-state index in [1.807, 2.05) is 56.4 Å². The van der Waals surface area contributed by atoms with E-state index in [0.717, 1.165) is 35.2 Å². The number of carbonyl (C=O) groups is 1. The van der Waals surface area contributed by atoms with Crippen LogP contribution in [-0.2, 0) is 4.74 Å². The van der Waals surface area contributed by atoms with Crippen molar-refractivity contribution in [1.82, 2.24) is 4.90 Å². The Morgan fingerprint density at radius 2 is 1.68 bits per heavy atom. The lowest BCUT2D eigenvalue weighted by molar-refractivity contribution is 0.0551. The van der Waals surface area contributed by atoms with E-state index < -0.39 is 0 Å². The smallest absolute Gasteiger partial charge is 0.254 e. The van der Waals surface area contributed by atoms with Crippen LogP contribution in [0.1, 0.15) is 23.2 Å². The first-order valence-corrected chi connectivity index (χ1v) is 8.62. The van der Waals surface area contributed by atoms with Gasteiger partial charge in [-0.05, 0) is 48.2 Å². The molecule has 0 saturated heterocycles. The van der Waals surface area contributed by atoms with E-state index in [9.17, 15) is 4.79 Å². The average Bonchev–Trinajstić information content (AvgIpc) is 3.42. The third-order valence-electron chi connectivity index (χ3n) is 5.06. The molecular formula is C21H26N2O2. The Balaban J connectivity index is 1.87. The lowest BCUT2D eigenvalue weighted by Crippen LogP contribution is -2.42. The Kier molecular flexibility index (Phi) is 4.82. The normalized spacial score (nSPS) is 14.9. The molecule has 25 heavy (non-hydrogen) atoms. The van der Waals surface area contributed by atoms with Gasteiger partial charge in [0.2, 0.25) is 0 Å². The molecular weight excluding hydrogens is 312 g/mol. The zero-order valence-corrected chi connectivity index (χ0v) is 15.5. The number of benzene rings is 2. The Morgan fingerprint density at radius 3 is 2.28 bits per heavy atom. The van der Waals surface area contributed by atoms with Crippen LogP contribution < -0.4 is 4.90 Å². The van der Waals surface area contributed by atoms with Gasteiger partial charge in [-0.15, -0.1) is 0 Å². The maximum absolute atomic E-state index is 12.9. The Morgan fingerprint density at radius 1 is 1.04 bits per heavy atom. The van der Waals surface area contributed by atoms with Crippen molar-refractivity contribution in [3.8, 4) is 11.1 Å². The molecule has 1 amide bonds. The van der Waals surface area contributed by atoms with Crippen molar-refractivity contribution in [2.24, 2.45) is 0 Å². The molecule has 0 spiro atoms. The lowest BCUT2D eigenvalue weighted by Gasteiger charge is -2.27. The highest BCUT2D eigenvalue weighted by atomic mass is 16.5. The largest absolute Gasteiger partial charge is 0.382 e. The number of anilines is 1. The minimum atomic E-state index is -0.118. The molecule has 0 bridgehead atoms. The zero-order chi connectivity index (χ0) is 18.0. The summed E-state index contributed by atoms with van der Waals surface area (Å²) in [5, 5.41) is 0. The van der Waals surface area contributed by atoms with Gasteiger partial charge >= 0.3 is 0 Å². The Hall–Kier alpha value is -2.33. The summed E-state index contributed by atoms with van der Waals surface area (Å²) in [6, 6.07) is 16.2. The van der Waals surface area contributed by atoms with Gasteiger partial charge in [0.05, 0.1) is 12.1 Å². The van der Waals surface area contributed by atoms with Gasteiger partial charge in [-0.3, -0.25) is 4.79 Å². The van der Waals surface area contributed by atoms with Crippen molar-refractivity contribution in [2.75, 3.05) is 39.8 Å². The van der Waals surface area contributed by atoms with Crippen molar-refractivity contribution < 1.29 is 9.53 Å². The van der Waals surface area contributed by atoms with Crippen LogP contribution in [0.4, 0.5) is 5.69 Å². The maximum Gasteiger partial charge on any atom is 0.254 e. The number of carbonyl (C=O) groups excluding carboxylic acids is 1. The van der Waals surface area contributed by atoms with Crippen LogP contribution in [0.25, 0.3) is 11.1 Å². The molecule has 1 aliphatic carbocycles. The van der Waals surface area contributed by atoms with E-state index in [4.69, 9.17) is 4.74 Å². The SMILES string of the molecule is COCC1(N(C)C(=O)c2cccc(-c3cccc(N(C)C)c3)c2)CC1. The van der Waals surface area contributed by atoms with Gasteiger partial charge in [0.15, 0.2) is 0 Å². The van der Waals surface area contributed by atoms with Gasteiger partial charge < -0.3 is 14.5 Å². The number of hydrogen-bond acceptors (Lipinski definition) is 3. The predicted molar refractivity (Wildman–Crippen MR) is 102 cm³/mol. The molecule has 3 rings (SSSR count). The summed E-state index contributed by atoms with van der Waals surface area (Å²) >= 11 is 0. The number of rotatable bonds is 6. The van der Waals surface area contributed by atoms with E-state index in [0.29, 0.717) is 6.61 Å². The van der Waals surface area contributed by atoms with E-state index in [1.165, 1.54) is 0 Å². The third kappa shape index (κ3) is 3.54. The van der Waals surface area contributed by atoms with Crippen molar-refractivity contribution in [3.63, 3.8) is 0 Å². The summed E-state index contributed by atoms with van der Waals surface area (Å²) in [5.74, 6) is 0.0557. The molecule has 0 unspecified atom stereocenters. The quantitative estimate of drug-likeness (QED) is 0.806. The molecule has 0 atom stereocenters. The van der Waals surface area contributed by atoms with Gasteiger partial charge in [-0.2, -0.15) is 0 Å². The maximum atomic E-state index is 12.9. The van der Waals surface area contributed by atoms with Crippen LogP contribution >= 0.6 is 0 Å². The third-order valence-corrected chi connectivity index (χ3v) is 5.06. The summed E-state index contributed by atoms with van der Waals surface area (Å²) in [6.07, 6.45) is 2.02. The van der Waals surface area contributed by atoms with Crippen molar-refractivity contribution in [3.05, 3.63) is 54.1 Å². The molecule has 1 fully saturated rings. The van der Waals surface area contributed by atoms with Crippen molar-refractivity contribution in [1.29, 1.82) is 0 Å². The molecule has 0 aromatic heterocycles. The zero-order valence-electron chi connectivity index (χ0n) is 15.5. The molecule has 4 heteroatoms. The highest BCUT2D eigenvalue weighted by Gasteiger charge is 2.48. The molecule has 132 valence electrons. The van der Waals surface area contributed by atoms with Gasteiger partial charge in [0.1, 0.15) is 0 Å². The molecule has 0 radical (unpaired) electrons. The second-order valence-electron chi connectivity index (χ2n) is 7.05. The molecule has 4 nitrogen and oxygen atoms in total. The highest BCUT2D eigenvalue weighted by molar-refractivity contribution is 5.96. The molecule has 1 aliphatic rings. The van der Waals surface area contributed by atoms with Crippen molar-refractivity contribution >= 4 is 11.6 Å². The van der Waals surface area contributed by atoms with Gasteiger partial charge in [-0.25, -0.2) is 0 Å². The number of ether oxygens (including phenoxy) is 1. The van der Waals surface area contributed by atoms with E-state index in [2.05, 4.69) is 23.1 Å². The monoisotopic (exact) mass is 338 g/mol. The molecule has 1 saturated carbocycles. The van der Waals surface area contributed by atoms with Crippen LogP contribution in [0, 0.1) is 0 Å². The van der Waals surface area contributed by atoms with Crippen LogP contribution in [0.2, 0.25) is 0 Å². The van der Waals surface area contributed by atoms with Crippen LogP contribution in [0.3, 0.4) is 0 Å². The molecule has 0 aliphatic heterocycles. The molecule has 0 N–H and O–H groups in total. The summed E-state index contributed by atoms with van der Waals surface area (Å²) in [6.45, 7) is 0.597. The fourth-order valence-electron chi connectivity index (χ4n) is 3.19. The average molecular weight is 338 g/mol. The molecule has 2 aromatic rings. The standard InChI is InChI=1S/C21H26N2O2/c1-22(2)19-10-6-8-17(14-19)16-7-5-9-18(13-16)20(24)23(3)21(11-12-21)15-25-4/h5-10,13-14H,11-12,15H2,1-4H3. The highest BCUT2D eigenvalue weighted by Crippen LogP contribution is 2.41. The minimum absolute atomic E-state index is 0.0557. The minimum Gasteiger partial charge on any atom is -0.382 e. The number of amides is 1. The fourth-order valence-corrected chi connectivity index (χ4v) is 3.19. The number of nitrogens with zero attached hydrogens (tertiary/aromatic N) is 2. The fraction of sp³-hybridized carbons (Fsp3) is 0.381. The van der Waals surface area contributed by atoms with E-state index in [1.54, 1.807) is 7.11 Å². The van der Waals surface area contributed by atoms with Crippen molar-refractivity contribution in [2.45, 2.75) is 18.4 Å². The van der Waals surface area contributed by atoms with Crippen LogP contribution in [0.5, 0.6) is 0 Å². The molecule has 2 aromatic carbocycles. The number of hydrogen-bond donors (Lipinski definition) is 0. The Labute approximate surface area is 150 Å². The van der Waals surface area contributed by atoms with Gasteiger partial charge in [0, 0.05) is 39.5 Å². The number of likely N-dealkylation sites (N-methyl/N-ethyl adjacent to an activating group) is 1. The predicted octanol–water partition coefficient (Wildman–Crippen LogP) is 3.67. The topological polar surface area (TPSA) is 32.8 Å². The second kappa shape index (κ2) is 6.89. The number of methoxy groups -OCH3 is 1. The van der Waals surface area contributed by atoms with Gasteiger partial charge in [-0.1, -0.05) is 24.3 Å². The summed E-state index contributed by atoms with van der Waals surface area (Å²) < 4.78 is 5.31. The second-order valence-corrected chi connectivity index (χ2v) is 7.05. The first kappa shape index (κ1) is 17.5. The Bertz CT molecular complexity index is 766. The summed E-state index contributed by atoms with van der Waals surface area (Å²) in [4.78, 5) is 16.9. The summed E-state index contributed by atoms with van der Waals surface area (Å²) in [7, 11) is 7.63. The molecule has 0 heterocycles. The van der Waals surface area contributed by atoms with Crippen LogP contribution in [0.15, 0.2) is 48.5 Å². The van der Waals surface area contributed by atoms with E-state index >= 15 is 0 Å². The first-order chi connectivity index (χ1) is 12.0. The summed E-state index contributed by atoms with van der Waals surface area (Å²) in [5.41, 5.74) is 3.91. The van der Waals surface area contributed by atoms with Gasteiger partial charge in [0.25, 0.3) is 5.91 Å². The lowest BCUT2D eigenvalue weighted by atomic mass is 10.0. The van der Waals surface area contributed by atoms with E-state index in [-0.39, 0.29) is 11.4 Å². The van der Waals surface area contributed by atoms with Crippen LogP contribution in [-0.4, -0.2) is 51.2 Å².